The predicted molar refractivity (Wildman–Crippen MR) is 116 cm³/mol. The normalized spacial score (nSPS) is 18.6. The lowest BCUT2D eigenvalue weighted by Gasteiger charge is -2.36. The highest BCUT2D eigenvalue weighted by molar-refractivity contribution is 5.80. The molecule has 2 aliphatic rings. The predicted octanol–water partition coefficient (Wildman–Crippen LogP) is 0.860. The van der Waals surface area contributed by atoms with Gasteiger partial charge in [0.05, 0.1) is 12.2 Å². The molecule has 2 fully saturated rings. The molecule has 0 spiro atoms. The highest BCUT2D eigenvalue weighted by Gasteiger charge is 2.25. The number of carbonyl (C=O) groups excluding carboxylic acids is 1. The zero-order chi connectivity index (χ0) is 20.8. The van der Waals surface area contributed by atoms with E-state index in [-0.39, 0.29) is 5.91 Å². The number of aliphatic imine (C=N–C) groups is 1. The van der Waals surface area contributed by atoms with Gasteiger partial charge in [0, 0.05) is 71.2 Å². The molecule has 2 saturated heterocycles. The maximum Gasteiger partial charge on any atom is 0.236 e. The number of guanidine groups is 1. The molecule has 8 nitrogen and oxygen atoms in total. The van der Waals surface area contributed by atoms with E-state index in [1.807, 2.05) is 23.7 Å². The summed E-state index contributed by atoms with van der Waals surface area (Å²) in [5.74, 6) is 1.22. The number of aromatic nitrogens is 2. The summed E-state index contributed by atoms with van der Waals surface area (Å²) in [6, 6.07) is 0. The highest BCUT2D eigenvalue weighted by atomic mass is 16.2. The number of likely N-dealkylation sites (tertiary alicyclic amines) is 1. The van der Waals surface area contributed by atoms with Gasteiger partial charge in [-0.2, -0.15) is 5.10 Å². The number of nitrogens with zero attached hydrogens (tertiary/aromatic N) is 6. The van der Waals surface area contributed by atoms with Gasteiger partial charge in [-0.15, -0.1) is 0 Å². The molecule has 0 aliphatic carbocycles. The highest BCUT2D eigenvalue weighted by Crippen LogP contribution is 2.15. The smallest absolute Gasteiger partial charge is 0.236 e. The summed E-state index contributed by atoms with van der Waals surface area (Å²) in [5, 5.41) is 8.21. The average Bonchev–Trinajstić information content (AvgIpc) is 3.37. The zero-order valence-electron chi connectivity index (χ0n) is 18.6. The van der Waals surface area contributed by atoms with Gasteiger partial charge in [0.15, 0.2) is 5.96 Å². The van der Waals surface area contributed by atoms with Crippen molar-refractivity contribution in [3.05, 3.63) is 17.0 Å². The molecule has 3 heterocycles. The third kappa shape index (κ3) is 5.10. The van der Waals surface area contributed by atoms with E-state index >= 15 is 0 Å². The van der Waals surface area contributed by atoms with Crippen molar-refractivity contribution in [2.24, 2.45) is 12.0 Å². The first-order chi connectivity index (χ1) is 14.1. The SMILES string of the molecule is CCc1nn(C)c(CC)c1CNC(=NC)N1CCN(CC(=O)N2CCCC2)CC1. The second-order valence-electron chi connectivity index (χ2n) is 7.95. The molecular formula is C21H37N7O. The van der Waals surface area contributed by atoms with Crippen LogP contribution in [-0.4, -0.2) is 89.2 Å². The van der Waals surface area contributed by atoms with Crippen molar-refractivity contribution in [2.75, 3.05) is 52.9 Å². The van der Waals surface area contributed by atoms with Crippen LogP contribution in [0.4, 0.5) is 0 Å². The molecule has 2 aliphatic heterocycles. The number of hydrogen-bond donors (Lipinski definition) is 1. The summed E-state index contributed by atoms with van der Waals surface area (Å²) in [4.78, 5) is 23.5. The van der Waals surface area contributed by atoms with Crippen molar-refractivity contribution in [1.29, 1.82) is 0 Å². The lowest BCUT2D eigenvalue weighted by molar-refractivity contribution is -0.131. The van der Waals surface area contributed by atoms with E-state index < -0.39 is 0 Å². The summed E-state index contributed by atoms with van der Waals surface area (Å²) in [6.45, 7) is 11.1. The number of nitrogens with one attached hydrogen (secondary N) is 1. The number of carbonyl (C=O) groups is 1. The third-order valence-corrected chi connectivity index (χ3v) is 6.15. The van der Waals surface area contributed by atoms with Crippen LogP contribution in [0.15, 0.2) is 4.99 Å². The van der Waals surface area contributed by atoms with E-state index in [2.05, 4.69) is 39.1 Å². The van der Waals surface area contributed by atoms with Crippen molar-refractivity contribution < 1.29 is 4.79 Å². The van der Waals surface area contributed by atoms with Crippen LogP contribution >= 0.6 is 0 Å². The van der Waals surface area contributed by atoms with E-state index in [9.17, 15) is 4.79 Å². The lowest BCUT2D eigenvalue weighted by Crippen LogP contribution is -2.54. The fraction of sp³-hybridized carbons (Fsp3) is 0.762. The van der Waals surface area contributed by atoms with Crippen molar-refractivity contribution in [3.8, 4) is 0 Å². The second kappa shape index (κ2) is 10.1. The van der Waals surface area contributed by atoms with Gasteiger partial charge in [-0.25, -0.2) is 0 Å². The summed E-state index contributed by atoms with van der Waals surface area (Å²) < 4.78 is 2.01. The van der Waals surface area contributed by atoms with Gasteiger partial charge < -0.3 is 15.1 Å². The van der Waals surface area contributed by atoms with E-state index in [1.54, 1.807) is 0 Å². The Kier molecular flexibility index (Phi) is 7.52. The molecule has 3 rings (SSSR count). The van der Waals surface area contributed by atoms with E-state index in [0.717, 1.165) is 83.2 Å². The van der Waals surface area contributed by atoms with Crippen LogP contribution in [0.25, 0.3) is 0 Å². The van der Waals surface area contributed by atoms with Crippen LogP contribution in [0.2, 0.25) is 0 Å². The van der Waals surface area contributed by atoms with Gasteiger partial charge >= 0.3 is 0 Å². The topological polar surface area (TPSA) is 69.0 Å². The number of hydrogen-bond acceptors (Lipinski definition) is 4. The fourth-order valence-electron chi connectivity index (χ4n) is 4.47. The lowest BCUT2D eigenvalue weighted by atomic mass is 10.1. The summed E-state index contributed by atoms with van der Waals surface area (Å²) >= 11 is 0. The van der Waals surface area contributed by atoms with Crippen LogP contribution in [-0.2, 0) is 31.2 Å². The van der Waals surface area contributed by atoms with E-state index in [0.29, 0.717) is 6.54 Å². The minimum absolute atomic E-state index is 0.286. The molecule has 0 aromatic carbocycles. The number of amides is 1. The molecule has 0 bridgehead atoms. The van der Waals surface area contributed by atoms with Crippen molar-refractivity contribution >= 4 is 11.9 Å². The number of piperazine rings is 1. The number of aryl methyl sites for hydroxylation is 2. The van der Waals surface area contributed by atoms with E-state index in [1.165, 1.54) is 11.3 Å². The summed E-state index contributed by atoms with van der Waals surface area (Å²) in [6.07, 6.45) is 4.21. The van der Waals surface area contributed by atoms with Gasteiger partial charge in [0.2, 0.25) is 5.91 Å². The van der Waals surface area contributed by atoms with Gasteiger partial charge in [-0.05, 0) is 25.7 Å². The van der Waals surface area contributed by atoms with Gasteiger partial charge in [-0.1, -0.05) is 13.8 Å². The first-order valence-corrected chi connectivity index (χ1v) is 11.1. The molecule has 0 saturated carbocycles. The van der Waals surface area contributed by atoms with Gasteiger partial charge in [-0.3, -0.25) is 19.4 Å². The molecular weight excluding hydrogens is 366 g/mol. The van der Waals surface area contributed by atoms with Crippen molar-refractivity contribution in [2.45, 2.75) is 46.1 Å². The molecule has 162 valence electrons. The minimum Gasteiger partial charge on any atom is -0.352 e. The quantitative estimate of drug-likeness (QED) is 0.564. The van der Waals surface area contributed by atoms with Crippen LogP contribution in [0.1, 0.15) is 43.6 Å². The van der Waals surface area contributed by atoms with Crippen LogP contribution in [0, 0.1) is 0 Å². The Bertz CT molecular complexity index is 713. The maximum absolute atomic E-state index is 12.4. The molecule has 0 unspecified atom stereocenters. The molecule has 1 aromatic rings. The van der Waals surface area contributed by atoms with Crippen LogP contribution in [0.3, 0.4) is 0 Å². The van der Waals surface area contributed by atoms with Gasteiger partial charge in [0.25, 0.3) is 0 Å². The first kappa shape index (κ1) is 21.6. The first-order valence-electron chi connectivity index (χ1n) is 11.1. The Morgan fingerprint density at radius 1 is 1.03 bits per heavy atom. The summed E-state index contributed by atoms with van der Waals surface area (Å²) in [5.41, 5.74) is 3.75. The minimum atomic E-state index is 0.286. The molecule has 0 radical (unpaired) electrons. The Labute approximate surface area is 174 Å². The molecule has 29 heavy (non-hydrogen) atoms. The summed E-state index contributed by atoms with van der Waals surface area (Å²) in [7, 11) is 3.87. The maximum atomic E-state index is 12.4. The van der Waals surface area contributed by atoms with Gasteiger partial charge in [0.1, 0.15) is 0 Å². The largest absolute Gasteiger partial charge is 0.352 e. The Balaban J connectivity index is 1.51. The molecule has 1 aromatic heterocycles. The fourth-order valence-corrected chi connectivity index (χ4v) is 4.47. The number of rotatable bonds is 6. The standard InChI is InChI=1S/C21H37N7O/c1-5-18-17(19(6-2)25(4)24-18)15-23-21(22-3)28-13-11-26(12-14-28)16-20(29)27-9-7-8-10-27/h5-16H2,1-4H3,(H,22,23). The zero-order valence-corrected chi connectivity index (χ0v) is 18.6. The van der Waals surface area contributed by atoms with Crippen LogP contribution in [0.5, 0.6) is 0 Å². The third-order valence-electron chi connectivity index (χ3n) is 6.15. The molecule has 1 amide bonds. The molecule has 0 atom stereocenters. The second-order valence-corrected chi connectivity index (χ2v) is 7.95. The molecule has 1 N–H and O–H groups in total. The van der Waals surface area contributed by atoms with Crippen molar-refractivity contribution in [3.63, 3.8) is 0 Å². The van der Waals surface area contributed by atoms with E-state index in [4.69, 9.17) is 0 Å². The Morgan fingerprint density at radius 2 is 1.72 bits per heavy atom. The Hall–Kier alpha value is -2.09. The average molecular weight is 404 g/mol. The van der Waals surface area contributed by atoms with Crippen molar-refractivity contribution in [1.82, 2.24) is 29.8 Å². The van der Waals surface area contributed by atoms with Crippen LogP contribution < -0.4 is 5.32 Å². The molecule has 8 heteroatoms. The monoisotopic (exact) mass is 403 g/mol. The Morgan fingerprint density at radius 3 is 2.31 bits per heavy atom.